The van der Waals surface area contributed by atoms with Gasteiger partial charge in [0.1, 0.15) is 0 Å². The zero-order chi connectivity index (χ0) is 16.9. The molecule has 0 saturated carbocycles. The second-order valence-electron chi connectivity index (χ2n) is 5.73. The Kier molecular flexibility index (Phi) is 4.70. The Hall–Kier alpha value is -2.95. The number of rotatable bonds is 5. The summed E-state index contributed by atoms with van der Waals surface area (Å²) in [5, 5.41) is 3.88. The number of hydrogen-bond acceptors (Lipinski definition) is 3. The minimum absolute atomic E-state index is 0.0457. The van der Waals surface area contributed by atoms with E-state index in [1.54, 1.807) is 23.9 Å². The Labute approximate surface area is 140 Å². The summed E-state index contributed by atoms with van der Waals surface area (Å²) >= 11 is 0. The molecule has 122 valence electrons. The number of nitrogens with one attached hydrogen (secondary N) is 1. The van der Waals surface area contributed by atoms with Crippen LogP contribution in [0.3, 0.4) is 0 Å². The fourth-order valence-corrected chi connectivity index (χ4v) is 2.70. The van der Waals surface area contributed by atoms with Gasteiger partial charge in [-0.05, 0) is 42.1 Å². The highest BCUT2D eigenvalue weighted by Crippen LogP contribution is 2.13. The molecule has 1 N–H and O–H groups in total. The summed E-state index contributed by atoms with van der Waals surface area (Å²) in [4.78, 5) is 28.4. The number of aromatic nitrogens is 2. The number of para-hydroxylation sites is 1. The number of hydrogen-bond donors (Lipinski definition) is 1. The standard InChI is InChI=1S/C19H19N3O2/c1-14-12-16-4-2-3-5-17(16)22(19(14)24)11-8-18(23)21-13-15-6-9-20-10-7-15/h2-7,9-10,12H,8,11,13H2,1H3,(H,21,23). The van der Waals surface area contributed by atoms with E-state index in [-0.39, 0.29) is 17.9 Å². The molecule has 5 heteroatoms. The van der Waals surface area contributed by atoms with Crippen LogP contribution < -0.4 is 10.9 Å². The number of carbonyl (C=O) groups is 1. The molecule has 0 fully saturated rings. The van der Waals surface area contributed by atoms with E-state index in [0.717, 1.165) is 16.5 Å². The molecule has 0 saturated heterocycles. The Morgan fingerprint density at radius 1 is 1.17 bits per heavy atom. The molecular formula is C19H19N3O2. The van der Waals surface area contributed by atoms with Crippen molar-refractivity contribution in [3.63, 3.8) is 0 Å². The van der Waals surface area contributed by atoms with Gasteiger partial charge in [-0.15, -0.1) is 0 Å². The SMILES string of the molecule is Cc1cc2ccccc2n(CCC(=O)NCc2ccncc2)c1=O. The van der Waals surface area contributed by atoms with Gasteiger partial charge in [0.15, 0.2) is 0 Å². The number of fused-ring (bicyclic) bond motifs is 1. The lowest BCUT2D eigenvalue weighted by Crippen LogP contribution is -2.28. The van der Waals surface area contributed by atoms with Crippen LogP contribution in [0.5, 0.6) is 0 Å². The fraction of sp³-hybridized carbons (Fsp3) is 0.211. The molecule has 0 unspecified atom stereocenters. The Bertz CT molecular complexity index is 917. The number of amides is 1. The summed E-state index contributed by atoms with van der Waals surface area (Å²) in [5.74, 6) is -0.0794. The van der Waals surface area contributed by atoms with Crippen molar-refractivity contribution >= 4 is 16.8 Å². The van der Waals surface area contributed by atoms with E-state index in [4.69, 9.17) is 0 Å². The first-order valence-electron chi connectivity index (χ1n) is 7.90. The topological polar surface area (TPSA) is 64.0 Å². The highest BCUT2D eigenvalue weighted by molar-refractivity contribution is 5.80. The van der Waals surface area contributed by atoms with Gasteiger partial charge in [-0.1, -0.05) is 18.2 Å². The molecule has 1 aromatic carbocycles. The number of benzene rings is 1. The maximum atomic E-state index is 12.4. The minimum Gasteiger partial charge on any atom is -0.352 e. The zero-order valence-electron chi connectivity index (χ0n) is 13.5. The number of aryl methyl sites for hydroxylation is 2. The molecule has 0 spiro atoms. The Morgan fingerprint density at radius 3 is 2.71 bits per heavy atom. The summed E-state index contributed by atoms with van der Waals surface area (Å²) in [6.07, 6.45) is 3.65. The molecule has 1 amide bonds. The molecule has 0 aliphatic carbocycles. The third kappa shape index (κ3) is 3.51. The highest BCUT2D eigenvalue weighted by atomic mass is 16.1. The second-order valence-corrected chi connectivity index (χ2v) is 5.73. The lowest BCUT2D eigenvalue weighted by Gasteiger charge is -2.12. The van der Waals surface area contributed by atoms with E-state index in [0.29, 0.717) is 18.7 Å². The molecule has 0 bridgehead atoms. The summed E-state index contributed by atoms with van der Waals surface area (Å²) in [6.45, 7) is 2.63. The highest BCUT2D eigenvalue weighted by Gasteiger charge is 2.08. The summed E-state index contributed by atoms with van der Waals surface area (Å²) in [7, 11) is 0. The molecule has 0 aliphatic heterocycles. The van der Waals surface area contributed by atoms with Crippen LogP contribution in [0, 0.1) is 6.92 Å². The van der Waals surface area contributed by atoms with E-state index in [1.165, 1.54) is 0 Å². The van der Waals surface area contributed by atoms with Gasteiger partial charge < -0.3 is 9.88 Å². The van der Waals surface area contributed by atoms with Crippen molar-refractivity contribution in [3.05, 3.63) is 76.3 Å². The van der Waals surface area contributed by atoms with Gasteiger partial charge in [-0.2, -0.15) is 0 Å². The average Bonchev–Trinajstić information content (AvgIpc) is 2.61. The van der Waals surface area contributed by atoms with Crippen molar-refractivity contribution in [3.8, 4) is 0 Å². The maximum absolute atomic E-state index is 12.4. The van der Waals surface area contributed by atoms with Crippen molar-refractivity contribution in [1.82, 2.24) is 14.9 Å². The molecule has 24 heavy (non-hydrogen) atoms. The van der Waals surface area contributed by atoms with Gasteiger partial charge in [0.05, 0.1) is 5.52 Å². The smallest absolute Gasteiger partial charge is 0.253 e. The van der Waals surface area contributed by atoms with E-state index >= 15 is 0 Å². The van der Waals surface area contributed by atoms with E-state index in [2.05, 4.69) is 10.3 Å². The van der Waals surface area contributed by atoms with Gasteiger partial charge in [0, 0.05) is 37.5 Å². The molecule has 0 atom stereocenters. The number of carbonyl (C=O) groups excluding carboxylic acids is 1. The Morgan fingerprint density at radius 2 is 1.92 bits per heavy atom. The molecule has 2 heterocycles. The van der Waals surface area contributed by atoms with Crippen molar-refractivity contribution in [1.29, 1.82) is 0 Å². The first kappa shape index (κ1) is 15.9. The van der Waals surface area contributed by atoms with Crippen molar-refractivity contribution in [2.24, 2.45) is 0 Å². The van der Waals surface area contributed by atoms with Crippen LogP contribution in [0.1, 0.15) is 17.5 Å². The van der Waals surface area contributed by atoms with Gasteiger partial charge in [-0.3, -0.25) is 14.6 Å². The predicted octanol–water partition coefficient (Wildman–Crippen LogP) is 2.41. The summed E-state index contributed by atoms with van der Waals surface area (Å²) in [6, 6.07) is 13.3. The van der Waals surface area contributed by atoms with Crippen molar-refractivity contribution < 1.29 is 4.79 Å². The largest absolute Gasteiger partial charge is 0.352 e. The van der Waals surface area contributed by atoms with Crippen LogP contribution in [0.15, 0.2) is 59.7 Å². The summed E-state index contributed by atoms with van der Waals surface area (Å²) in [5.41, 5.74) is 2.49. The van der Waals surface area contributed by atoms with Gasteiger partial charge in [0.25, 0.3) is 5.56 Å². The minimum atomic E-state index is -0.0794. The van der Waals surface area contributed by atoms with Crippen LogP contribution in [0.2, 0.25) is 0 Å². The lowest BCUT2D eigenvalue weighted by molar-refractivity contribution is -0.121. The van der Waals surface area contributed by atoms with Crippen LogP contribution in [-0.4, -0.2) is 15.5 Å². The van der Waals surface area contributed by atoms with Gasteiger partial charge in [0.2, 0.25) is 5.91 Å². The molecular weight excluding hydrogens is 302 g/mol. The van der Waals surface area contributed by atoms with Gasteiger partial charge in [-0.25, -0.2) is 0 Å². The normalized spacial score (nSPS) is 10.7. The molecule has 2 aromatic heterocycles. The van der Waals surface area contributed by atoms with Crippen LogP contribution in [0.4, 0.5) is 0 Å². The average molecular weight is 321 g/mol. The summed E-state index contributed by atoms with van der Waals surface area (Å²) < 4.78 is 1.68. The van der Waals surface area contributed by atoms with Crippen LogP contribution in [0.25, 0.3) is 10.9 Å². The van der Waals surface area contributed by atoms with Crippen LogP contribution >= 0.6 is 0 Å². The third-order valence-corrected chi connectivity index (χ3v) is 3.98. The maximum Gasteiger partial charge on any atom is 0.253 e. The molecule has 3 rings (SSSR count). The van der Waals surface area contributed by atoms with E-state index in [9.17, 15) is 9.59 Å². The molecule has 3 aromatic rings. The number of pyridine rings is 2. The lowest BCUT2D eigenvalue weighted by atomic mass is 10.1. The van der Waals surface area contributed by atoms with Crippen molar-refractivity contribution in [2.45, 2.75) is 26.4 Å². The fourth-order valence-electron chi connectivity index (χ4n) is 2.70. The number of nitrogens with zero attached hydrogens (tertiary/aromatic N) is 2. The third-order valence-electron chi connectivity index (χ3n) is 3.98. The van der Waals surface area contributed by atoms with Crippen molar-refractivity contribution in [2.75, 3.05) is 0 Å². The van der Waals surface area contributed by atoms with Crippen LogP contribution in [-0.2, 0) is 17.9 Å². The van der Waals surface area contributed by atoms with Gasteiger partial charge >= 0.3 is 0 Å². The van der Waals surface area contributed by atoms with E-state index < -0.39 is 0 Å². The molecule has 5 nitrogen and oxygen atoms in total. The first-order chi connectivity index (χ1) is 11.6. The predicted molar refractivity (Wildman–Crippen MR) is 93.6 cm³/mol. The van der Waals surface area contributed by atoms with E-state index in [1.807, 2.05) is 42.5 Å². The quantitative estimate of drug-likeness (QED) is 0.785. The first-order valence-corrected chi connectivity index (χ1v) is 7.90. The zero-order valence-corrected chi connectivity index (χ0v) is 13.5. The molecule has 0 radical (unpaired) electrons. The molecule has 0 aliphatic rings. The second kappa shape index (κ2) is 7.08. The monoisotopic (exact) mass is 321 g/mol. The Balaban J connectivity index is 1.70.